The minimum atomic E-state index is -0.0625. The van der Waals surface area contributed by atoms with E-state index in [4.69, 9.17) is 0 Å². The molecule has 0 N–H and O–H groups in total. The van der Waals surface area contributed by atoms with Crippen molar-refractivity contribution in [3.05, 3.63) is 59.2 Å². The fourth-order valence-electron chi connectivity index (χ4n) is 2.61. The molecule has 22 heavy (non-hydrogen) atoms. The summed E-state index contributed by atoms with van der Waals surface area (Å²) < 4.78 is 0. The third-order valence-electron chi connectivity index (χ3n) is 3.47. The highest BCUT2D eigenvalue weighted by molar-refractivity contribution is 6.08. The van der Waals surface area contributed by atoms with Crippen molar-refractivity contribution in [2.45, 2.75) is 40.5 Å². The van der Waals surface area contributed by atoms with E-state index in [1.807, 2.05) is 24.3 Å². The molecule has 0 amide bonds. The largest absolute Gasteiger partial charge is 0.285 e. The summed E-state index contributed by atoms with van der Waals surface area (Å²) in [5, 5.41) is 0. The maximum absolute atomic E-state index is 12.9. The van der Waals surface area contributed by atoms with Gasteiger partial charge in [0, 0.05) is 12.4 Å². The molecule has 0 bridgehead atoms. The van der Waals surface area contributed by atoms with Crippen LogP contribution in [0.1, 0.15) is 55.0 Å². The predicted molar refractivity (Wildman–Crippen MR) is 89.0 cm³/mol. The van der Waals surface area contributed by atoms with Crippen molar-refractivity contribution in [1.29, 1.82) is 0 Å². The van der Waals surface area contributed by atoms with Gasteiger partial charge in [0.05, 0.1) is 0 Å². The lowest BCUT2D eigenvalue weighted by molar-refractivity contribution is 0.102. The highest BCUT2D eigenvalue weighted by Crippen LogP contribution is 2.18. The zero-order valence-electron chi connectivity index (χ0n) is 13.8. The molecule has 0 unspecified atom stereocenters. The normalized spacial score (nSPS) is 11.2. The average molecular weight is 296 g/mol. The lowest BCUT2D eigenvalue weighted by Gasteiger charge is -2.12. The van der Waals surface area contributed by atoms with Crippen LogP contribution in [0.2, 0.25) is 0 Å². The molecule has 0 fully saturated rings. The van der Waals surface area contributed by atoms with Gasteiger partial charge in [-0.3, -0.25) is 14.8 Å². The van der Waals surface area contributed by atoms with Crippen LogP contribution in [0.25, 0.3) is 0 Å². The Bertz CT molecular complexity index is 592. The first-order valence-electron chi connectivity index (χ1n) is 7.91. The fourth-order valence-corrected chi connectivity index (χ4v) is 2.61. The van der Waals surface area contributed by atoms with Gasteiger partial charge in [-0.2, -0.15) is 0 Å². The van der Waals surface area contributed by atoms with Crippen molar-refractivity contribution >= 4 is 5.78 Å². The van der Waals surface area contributed by atoms with Crippen molar-refractivity contribution in [3.8, 4) is 0 Å². The molecule has 3 heteroatoms. The van der Waals surface area contributed by atoms with Crippen LogP contribution in [0.4, 0.5) is 0 Å². The van der Waals surface area contributed by atoms with E-state index in [0.29, 0.717) is 23.2 Å². The molecule has 0 spiro atoms. The molecule has 2 aromatic rings. The number of nitrogens with zero attached hydrogens (tertiary/aromatic N) is 2. The Kier molecular flexibility index (Phi) is 5.42. The zero-order chi connectivity index (χ0) is 16.1. The second kappa shape index (κ2) is 7.30. The Morgan fingerprint density at radius 2 is 1.27 bits per heavy atom. The van der Waals surface area contributed by atoms with Crippen molar-refractivity contribution < 1.29 is 4.79 Å². The zero-order valence-corrected chi connectivity index (χ0v) is 13.8. The molecule has 0 radical (unpaired) electrons. The summed E-state index contributed by atoms with van der Waals surface area (Å²) in [6.45, 7) is 8.58. The molecule has 0 aliphatic carbocycles. The van der Waals surface area contributed by atoms with E-state index in [1.54, 1.807) is 12.4 Å². The smallest absolute Gasteiger partial charge is 0.230 e. The summed E-state index contributed by atoms with van der Waals surface area (Å²) in [6.07, 6.45) is 5.06. The van der Waals surface area contributed by atoms with Gasteiger partial charge in [0.15, 0.2) is 0 Å². The van der Waals surface area contributed by atoms with Crippen molar-refractivity contribution in [2.75, 3.05) is 0 Å². The second-order valence-electron chi connectivity index (χ2n) is 6.55. The van der Waals surface area contributed by atoms with Crippen molar-refractivity contribution in [3.63, 3.8) is 0 Å². The molecule has 2 heterocycles. The Labute approximate surface area is 132 Å². The van der Waals surface area contributed by atoms with E-state index in [-0.39, 0.29) is 5.78 Å². The highest BCUT2D eigenvalue weighted by atomic mass is 16.1. The van der Waals surface area contributed by atoms with E-state index in [1.165, 1.54) is 0 Å². The quantitative estimate of drug-likeness (QED) is 0.754. The average Bonchev–Trinajstić information content (AvgIpc) is 2.46. The number of carbonyl (C=O) groups is 1. The van der Waals surface area contributed by atoms with Crippen molar-refractivity contribution in [2.24, 2.45) is 11.8 Å². The first kappa shape index (κ1) is 16.3. The van der Waals surface area contributed by atoms with Crippen LogP contribution in [0.3, 0.4) is 0 Å². The van der Waals surface area contributed by atoms with Crippen LogP contribution < -0.4 is 0 Å². The number of hydrogen-bond acceptors (Lipinski definition) is 3. The Balaban J connectivity index is 2.41. The molecule has 0 aliphatic heterocycles. The van der Waals surface area contributed by atoms with E-state index >= 15 is 0 Å². The highest BCUT2D eigenvalue weighted by Gasteiger charge is 2.20. The molecule has 0 saturated carbocycles. The molecular weight excluding hydrogens is 272 g/mol. The fraction of sp³-hybridized carbons (Fsp3) is 0.421. The minimum Gasteiger partial charge on any atom is -0.285 e. The summed E-state index contributed by atoms with van der Waals surface area (Å²) in [4.78, 5) is 21.6. The van der Waals surface area contributed by atoms with Gasteiger partial charge in [-0.05, 0) is 47.9 Å². The first-order valence-corrected chi connectivity index (χ1v) is 7.91. The minimum absolute atomic E-state index is 0.0625. The van der Waals surface area contributed by atoms with Gasteiger partial charge < -0.3 is 0 Å². The maximum atomic E-state index is 12.9. The number of carbonyl (C=O) groups excluding carboxylic acids is 1. The molecule has 0 atom stereocenters. The lowest BCUT2D eigenvalue weighted by Crippen LogP contribution is -2.14. The monoisotopic (exact) mass is 296 g/mol. The van der Waals surface area contributed by atoms with Gasteiger partial charge in [-0.15, -0.1) is 0 Å². The summed E-state index contributed by atoms with van der Waals surface area (Å²) in [5.41, 5.74) is 3.09. The van der Waals surface area contributed by atoms with Gasteiger partial charge >= 0.3 is 0 Å². The summed E-state index contributed by atoms with van der Waals surface area (Å²) in [5.74, 6) is 0.900. The van der Waals surface area contributed by atoms with Crippen LogP contribution in [-0.2, 0) is 12.8 Å². The maximum Gasteiger partial charge on any atom is 0.230 e. The lowest BCUT2D eigenvalue weighted by atomic mass is 9.95. The molecule has 0 saturated heterocycles. The predicted octanol–water partition coefficient (Wildman–Crippen LogP) is 4.10. The summed E-state index contributed by atoms with van der Waals surface area (Å²) >= 11 is 0. The molecule has 0 aromatic carbocycles. The first-order chi connectivity index (χ1) is 10.5. The standard InChI is InChI=1S/C19H24N2O/c1-13(2)11-15-7-5-9-20-17(15)19(22)18-16(12-14(3)4)8-6-10-21-18/h5-10,13-14H,11-12H2,1-4H3. The summed E-state index contributed by atoms with van der Waals surface area (Å²) in [6, 6.07) is 7.76. The number of aromatic nitrogens is 2. The number of hydrogen-bond donors (Lipinski definition) is 0. The van der Waals surface area contributed by atoms with Gasteiger partial charge in [-0.1, -0.05) is 39.8 Å². The van der Waals surface area contributed by atoms with E-state index in [9.17, 15) is 4.79 Å². The Hall–Kier alpha value is -2.03. The van der Waals surface area contributed by atoms with Crippen LogP contribution in [0.5, 0.6) is 0 Å². The molecule has 2 aromatic heterocycles. The van der Waals surface area contributed by atoms with Gasteiger partial charge in [-0.25, -0.2) is 0 Å². The molecule has 2 rings (SSSR count). The van der Waals surface area contributed by atoms with Crippen LogP contribution in [-0.4, -0.2) is 15.8 Å². The Morgan fingerprint density at radius 1 is 0.864 bits per heavy atom. The molecule has 3 nitrogen and oxygen atoms in total. The van der Waals surface area contributed by atoms with E-state index in [0.717, 1.165) is 24.0 Å². The van der Waals surface area contributed by atoms with E-state index in [2.05, 4.69) is 37.7 Å². The second-order valence-corrected chi connectivity index (χ2v) is 6.55. The number of pyridine rings is 2. The third-order valence-corrected chi connectivity index (χ3v) is 3.47. The molecule has 116 valence electrons. The number of rotatable bonds is 6. The van der Waals surface area contributed by atoms with Crippen LogP contribution in [0, 0.1) is 11.8 Å². The van der Waals surface area contributed by atoms with E-state index < -0.39 is 0 Å². The third kappa shape index (κ3) is 4.00. The molecule has 0 aliphatic rings. The Morgan fingerprint density at radius 3 is 1.64 bits per heavy atom. The van der Waals surface area contributed by atoms with Gasteiger partial charge in [0.2, 0.25) is 5.78 Å². The SMILES string of the molecule is CC(C)Cc1cccnc1C(=O)c1ncccc1CC(C)C. The topological polar surface area (TPSA) is 42.9 Å². The number of ketones is 1. The molecular formula is C19H24N2O. The van der Waals surface area contributed by atoms with Crippen molar-refractivity contribution in [1.82, 2.24) is 9.97 Å². The van der Waals surface area contributed by atoms with Crippen LogP contribution in [0.15, 0.2) is 36.7 Å². The summed E-state index contributed by atoms with van der Waals surface area (Å²) in [7, 11) is 0. The van der Waals surface area contributed by atoms with Gasteiger partial charge in [0.25, 0.3) is 0 Å². The van der Waals surface area contributed by atoms with Crippen LogP contribution >= 0.6 is 0 Å². The van der Waals surface area contributed by atoms with Gasteiger partial charge in [0.1, 0.15) is 11.4 Å².